The molecule has 2 rings (SSSR count). The number of nitrogens with two attached hydrogens (primary N) is 1. The van der Waals surface area contributed by atoms with Gasteiger partial charge < -0.3 is 11.1 Å². The number of benzene rings is 1. The molecule has 0 spiro atoms. The third kappa shape index (κ3) is 4.07. The summed E-state index contributed by atoms with van der Waals surface area (Å²) >= 11 is 0. The molecule has 0 saturated carbocycles. The van der Waals surface area contributed by atoms with Crippen LogP contribution in [-0.2, 0) is 17.6 Å². The van der Waals surface area contributed by atoms with Crippen LogP contribution in [0.25, 0.3) is 0 Å². The van der Waals surface area contributed by atoms with Crippen LogP contribution in [-0.4, -0.2) is 18.5 Å². The van der Waals surface area contributed by atoms with Crippen LogP contribution in [0.3, 0.4) is 0 Å². The second kappa shape index (κ2) is 6.89. The first-order valence-electron chi connectivity index (χ1n) is 7.66. The monoisotopic (exact) mass is 274 g/mol. The minimum Gasteiger partial charge on any atom is -0.354 e. The fraction of sp³-hybridized carbons (Fsp3) is 0.588. The molecule has 1 aliphatic carbocycles. The maximum absolute atomic E-state index is 12.2. The van der Waals surface area contributed by atoms with Crippen molar-refractivity contribution in [3.05, 3.63) is 35.4 Å². The number of fused-ring (bicyclic) bond motifs is 1. The minimum absolute atomic E-state index is 0.0647. The number of nitrogens with one attached hydrogen (secondary N) is 1. The zero-order chi connectivity index (χ0) is 14.5. The van der Waals surface area contributed by atoms with Crippen LogP contribution in [0.5, 0.6) is 0 Å². The van der Waals surface area contributed by atoms with E-state index in [2.05, 4.69) is 43.4 Å². The number of carbonyl (C=O) groups is 1. The van der Waals surface area contributed by atoms with Crippen molar-refractivity contribution in [2.24, 2.45) is 17.6 Å². The molecule has 0 radical (unpaired) electrons. The van der Waals surface area contributed by atoms with Gasteiger partial charge in [0.05, 0.1) is 0 Å². The summed E-state index contributed by atoms with van der Waals surface area (Å²) in [5, 5.41) is 3.02. The summed E-state index contributed by atoms with van der Waals surface area (Å²) in [6.45, 7) is 4.90. The van der Waals surface area contributed by atoms with Gasteiger partial charge in [-0.1, -0.05) is 38.1 Å². The first-order valence-corrected chi connectivity index (χ1v) is 7.66. The van der Waals surface area contributed by atoms with E-state index in [1.54, 1.807) is 0 Å². The third-order valence-electron chi connectivity index (χ3n) is 4.03. The molecule has 2 atom stereocenters. The molecule has 1 aromatic rings. The Labute approximate surface area is 121 Å². The molecule has 2 unspecified atom stereocenters. The lowest BCUT2D eigenvalue weighted by Gasteiger charge is -2.24. The van der Waals surface area contributed by atoms with E-state index in [-0.39, 0.29) is 17.9 Å². The fourth-order valence-corrected chi connectivity index (χ4v) is 2.99. The van der Waals surface area contributed by atoms with Crippen molar-refractivity contribution in [3.63, 3.8) is 0 Å². The summed E-state index contributed by atoms with van der Waals surface area (Å²) in [5.74, 6) is 0.846. The van der Waals surface area contributed by atoms with Crippen LogP contribution >= 0.6 is 0 Å². The van der Waals surface area contributed by atoms with Crippen LogP contribution in [0.15, 0.2) is 24.3 Å². The molecule has 0 heterocycles. The molecule has 110 valence electrons. The number of amides is 1. The molecule has 0 aliphatic heterocycles. The summed E-state index contributed by atoms with van der Waals surface area (Å²) in [6.07, 6.45) is 3.77. The predicted octanol–water partition coefficient (Wildman–Crippen LogP) is 2.28. The van der Waals surface area contributed by atoms with E-state index in [1.807, 2.05) is 0 Å². The maximum Gasteiger partial charge on any atom is 0.223 e. The van der Waals surface area contributed by atoms with E-state index in [0.717, 1.165) is 25.7 Å². The van der Waals surface area contributed by atoms with Crippen molar-refractivity contribution in [3.8, 4) is 0 Å². The summed E-state index contributed by atoms with van der Waals surface area (Å²) in [6, 6.07) is 8.50. The number of hydrogen-bond donors (Lipinski definition) is 2. The van der Waals surface area contributed by atoms with Crippen LogP contribution in [0.4, 0.5) is 0 Å². The van der Waals surface area contributed by atoms with Crippen molar-refractivity contribution in [1.29, 1.82) is 0 Å². The largest absolute Gasteiger partial charge is 0.354 e. The standard InChI is InChI=1S/C17H26N2O/c1-12(2)9-16(18)11-19-17(20)15-8-7-13-5-3-4-6-14(13)10-15/h3-6,12,15-16H,7-11,18H2,1-2H3,(H,19,20). The van der Waals surface area contributed by atoms with Gasteiger partial charge in [0, 0.05) is 18.5 Å². The molecule has 0 bridgehead atoms. The van der Waals surface area contributed by atoms with Crippen LogP contribution in [0.2, 0.25) is 0 Å². The van der Waals surface area contributed by atoms with E-state index < -0.39 is 0 Å². The van der Waals surface area contributed by atoms with Crippen molar-refractivity contribution < 1.29 is 4.79 Å². The van der Waals surface area contributed by atoms with Gasteiger partial charge in [0.1, 0.15) is 0 Å². The van der Waals surface area contributed by atoms with E-state index in [9.17, 15) is 4.79 Å². The molecule has 0 saturated heterocycles. The van der Waals surface area contributed by atoms with E-state index in [4.69, 9.17) is 5.73 Å². The number of rotatable bonds is 5. The van der Waals surface area contributed by atoms with Crippen molar-refractivity contribution in [1.82, 2.24) is 5.32 Å². The Morgan fingerprint density at radius 1 is 1.35 bits per heavy atom. The molecule has 1 aliphatic rings. The smallest absolute Gasteiger partial charge is 0.223 e. The lowest BCUT2D eigenvalue weighted by Crippen LogP contribution is -2.41. The topological polar surface area (TPSA) is 55.1 Å². The highest BCUT2D eigenvalue weighted by atomic mass is 16.1. The van der Waals surface area contributed by atoms with Gasteiger partial charge in [-0.3, -0.25) is 4.79 Å². The second-order valence-corrected chi connectivity index (χ2v) is 6.34. The van der Waals surface area contributed by atoms with Crippen molar-refractivity contribution in [2.75, 3.05) is 6.54 Å². The van der Waals surface area contributed by atoms with Gasteiger partial charge in [0.15, 0.2) is 0 Å². The lowest BCUT2D eigenvalue weighted by molar-refractivity contribution is -0.125. The van der Waals surface area contributed by atoms with Gasteiger partial charge in [-0.25, -0.2) is 0 Å². The fourth-order valence-electron chi connectivity index (χ4n) is 2.99. The van der Waals surface area contributed by atoms with Gasteiger partial charge in [-0.15, -0.1) is 0 Å². The Morgan fingerprint density at radius 3 is 2.75 bits per heavy atom. The molecular formula is C17H26N2O. The average molecular weight is 274 g/mol. The zero-order valence-corrected chi connectivity index (χ0v) is 12.6. The average Bonchev–Trinajstić information content (AvgIpc) is 2.43. The lowest BCUT2D eigenvalue weighted by atomic mass is 9.83. The summed E-state index contributed by atoms with van der Waals surface area (Å²) < 4.78 is 0. The van der Waals surface area contributed by atoms with E-state index >= 15 is 0 Å². The summed E-state index contributed by atoms with van der Waals surface area (Å²) in [4.78, 5) is 12.2. The minimum atomic E-state index is 0.0647. The number of aryl methyl sites for hydroxylation is 1. The predicted molar refractivity (Wildman–Crippen MR) is 82.4 cm³/mol. The maximum atomic E-state index is 12.2. The quantitative estimate of drug-likeness (QED) is 0.865. The first-order chi connectivity index (χ1) is 9.56. The van der Waals surface area contributed by atoms with Gasteiger partial charge in [0.2, 0.25) is 5.91 Å². The van der Waals surface area contributed by atoms with Crippen molar-refractivity contribution in [2.45, 2.75) is 45.6 Å². The van der Waals surface area contributed by atoms with E-state index in [0.29, 0.717) is 12.5 Å². The molecule has 1 aromatic carbocycles. The Balaban J connectivity index is 1.83. The van der Waals surface area contributed by atoms with Gasteiger partial charge in [-0.2, -0.15) is 0 Å². The molecular weight excluding hydrogens is 248 g/mol. The zero-order valence-electron chi connectivity index (χ0n) is 12.6. The molecule has 0 fully saturated rings. The first kappa shape index (κ1) is 15.0. The van der Waals surface area contributed by atoms with Crippen LogP contribution in [0, 0.1) is 11.8 Å². The number of carbonyl (C=O) groups excluding carboxylic acids is 1. The Hall–Kier alpha value is -1.35. The molecule has 3 heteroatoms. The van der Waals surface area contributed by atoms with Crippen LogP contribution < -0.4 is 11.1 Å². The molecule has 0 aromatic heterocycles. The van der Waals surface area contributed by atoms with Gasteiger partial charge in [-0.05, 0) is 42.7 Å². The van der Waals surface area contributed by atoms with Gasteiger partial charge >= 0.3 is 0 Å². The Kier molecular flexibility index (Phi) is 5.18. The molecule has 3 nitrogen and oxygen atoms in total. The highest BCUT2D eigenvalue weighted by Gasteiger charge is 2.24. The highest BCUT2D eigenvalue weighted by molar-refractivity contribution is 5.79. The SMILES string of the molecule is CC(C)CC(N)CNC(=O)C1CCc2ccccc2C1. The summed E-state index contributed by atoms with van der Waals surface area (Å²) in [7, 11) is 0. The molecule has 1 amide bonds. The number of hydrogen-bond acceptors (Lipinski definition) is 2. The molecule has 3 N–H and O–H groups in total. The van der Waals surface area contributed by atoms with Crippen molar-refractivity contribution >= 4 is 5.91 Å². The second-order valence-electron chi connectivity index (χ2n) is 6.34. The highest BCUT2D eigenvalue weighted by Crippen LogP contribution is 2.25. The van der Waals surface area contributed by atoms with E-state index in [1.165, 1.54) is 11.1 Å². The third-order valence-corrected chi connectivity index (χ3v) is 4.03. The Bertz CT molecular complexity index is 456. The normalized spacial score (nSPS) is 19.5. The van der Waals surface area contributed by atoms with Gasteiger partial charge in [0.25, 0.3) is 0 Å². The summed E-state index contributed by atoms with van der Waals surface area (Å²) in [5.41, 5.74) is 8.74. The Morgan fingerprint density at radius 2 is 2.05 bits per heavy atom. The van der Waals surface area contributed by atoms with Crippen LogP contribution in [0.1, 0.15) is 37.8 Å². The molecule has 20 heavy (non-hydrogen) atoms.